The van der Waals surface area contributed by atoms with Crippen LogP contribution in [-0.2, 0) is 9.53 Å². The van der Waals surface area contributed by atoms with E-state index in [1.54, 1.807) is 30.3 Å². The number of carbonyl (C=O) groups excluding carboxylic acids is 2. The molecule has 1 fully saturated rings. The van der Waals surface area contributed by atoms with Gasteiger partial charge in [-0.15, -0.1) is 23.7 Å². The zero-order valence-corrected chi connectivity index (χ0v) is 15.8. The average Bonchev–Trinajstić information content (AvgIpc) is 3.17. The van der Waals surface area contributed by atoms with Crippen LogP contribution in [0, 0.1) is 5.92 Å². The molecule has 140 valence electrons. The Bertz CT molecular complexity index is 733. The van der Waals surface area contributed by atoms with Crippen LogP contribution < -0.4 is 16.4 Å². The minimum Gasteiger partial charge on any atom is -0.381 e. The van der Waals surface area contributed by atoms with Gasteiger partial charge < -0.3 is 21.1 Å². The average molecular weight is 396 g/mol. The summed E-state index contributed by atoms with van der Waals surface area (Å²) in [6.45, 7) is 1.30. The number of amides is 2. The summed E-state index contributed by atoms with van der Waals surface area (Å²) in [4.78, 5) is 25.1. The van der Waals surface area contributed by atoms with E-state index < -0.39 is 6.04 Å². The highest BCUT2D eigenvalue weighted by atomic mass is 35.5. The third kappa shape index (κ3) is 5.28. The second-order valence-corrected chi connectivity index (χ2v) is 6.92. The van der Waals surface area contributed by atoms with Crippen molar-refractivity contribution in [2.75, 3.05) is 23.8 Å². The van der Waals surface area contributed by atoms with Crippen molar-refractivity contribution in [2.45, 2.75) is 18.9 Å². The highest BCUT2D eigenvalue weighted by Crippen LogP contribution is 2.21. The topological polar surface area (TPSA) is 93.5 Å². The first kappa shape index (κ1) is 20.4. The van der Waals surface area contributed by atoms with Gasteiger partial charge in [-0.3, -0.25) is 9.59 Å². The van der Waals surface area contributed by atoms with Gasteiger partial charge in [-0.25, -0.2) is 0 Å². The summed E-state index contributed by atoms with van der Waals surface area (Å²) in [7, 11) is 0. The Morgan fingerprint density at radius 3 is 2.46 bits per heavy atom. The van der Waals surface area contributed by atoms with E-state index in [1.165, 1.54) is 11.3 Å². The first-order valence-corrected chi connectivity index (χ1v) is 9.10. The van der Waals surface area contributed by atoms with Gasteiger partial charge in [0.05, 0.1) is 10.9 Å². The van der Waals surface area contributed by atoms with Crippen LogP contribution in [0.2, 0.25) is 0 Å². The fraction of sp³-hybridized carbons (Fsp3) is 0.333. The lowest BCUT2D eigenvalue weighted by molar-refractivity contribution is -0.119. The number of benzene rings is 1. The molecule has 0 radical (unpaired) electrons. The molecule has 1 aromatic carbocycles. The van der Waals surface area contributed by atoms with Crippen LogP contribution in [0.3, 0.4) is 0 Å². The molecule has 6 nitrogen and oxygen atoms in total. The lowest BCUT2D eigenvalue weighted by atomic mass is 9.92. The second kappa shape index (κ2) is 9.68. The fourth-order valence-electron chi connectivity index (χ4n) is 2.79. The van der Waals surface area contributed by atoms with Gasteiger partial charge >= 0.3 is 0 Å². The monoisotopic (exact) mass is 395 g/mol. The molecule has 1 aliphatic rings. The summed E-state index contributed by atoms with van der Waals surface area (Å²) < 4.78 is 5.30. The minimum atomic E-state index is -0.562. The predicted octanol–water partition coefficient (Wildman–Crippen LogP) is 3.11. The normalized spacial score (nSPS) is 15.6. The van der Waals surface area contributed by atoms with Crippen molar-refractivity contribution in [1.82, 2.24) is 0 Å². The van der Waals surface area contributed by atoms with Crippen molar-refractivity contribution in [1.29, 1.82) is 0 Å². The van der Waals surface area contributed by atoms with Crippen LogP contribution in [0.1, 0.15) is 22.5 Å². The SMILES string of the molecule is Cl.NC(C(=O)Nc1cccc(NC(=O)c2cccs2)c1)C1CCOCC1. The van der Waals surface area contributed by atoms with E-state index in [-0.39, 0.29) is 30.1 Å². The molecule has 1 aliphatic heterocycles. The van der Waals surface area contributed by atoms with Gasteiger partial charge in [0, 0.05) is 24.6 Å². The van der Waals surface area contributed by atoms with Gasteiger partial charge in [0.1, 0.15) is 0 Å². The first-order valence-electron chi connectivity index (χ1n) is 8.22. The Hall–Kier alpha value is -1.93. The molecular weight excluding hydrogens is 374 g/mol. The molecule has 0 aliphatic carbocycles. The predicted molar refractivity (Wildman–Crippen MR) is 106 cm³/mol. The lowest BCUT2D eigenvalue weighted by Gasteiger charge is -2.26. The van der Waals surface area contributed by atoms with Crippen LogP contribution in [0.5, 0.6) is 0 Å². The van der Waals surface area contributed by atoms with Gasteiger partial charge in [-0.2, -0.15) is 0 Å². The molecule has 26 heavy (non-hydrogen) atoms. The maximum absolute atomic E-state index is 12.4. The van der Waals surface area contributed by atoms with Gasteiger partial charge in [0.2, 0.25) is 5.91 Å². The van der Waals surface area contributed by atoms with Crippen LogP contribution in [-0.4, -0.2) is 31.1 Å². The second-order valence-electron chi connectivity index (χ2n) is 5.98. The molecule has 1 unspecified atom stereocenters. The van der Waals surface area contributed by atoms with E-state index in [0.717, 1.165) is 12.8 Å². The van der Waals surface area contributed by atoms with Crippen molar-refractivity contribution >= 4 is 46.9 Å². The number of hydrogen-bond donors (Lipinski definition) is 3. The molecule has 1 saturated heterocycles. The molecule has 3 rings (SSSR count). The van der Waals surface area contributed by atoms with Crippen molar-refractivity contribution in [3.8, 4) is 0 Å². The molecule has 1 atom stereocenters. The number of ether oxygens (including phenoxy) is 1. The molecule has 4 N–H and O–H groups in total. The zero-order chi connectivity index (χ0) is 17.6. The van der Waals surface area contributed by atoms with Crippen molar-refractivity contribution in [3.05, 3.63) is 46.7 Å². The van der Waals surface area contributed by atoms with Crippen LogP contribution in [0.4, 0.5) is 11.4 Å². The Morgan fingerprint density at radius 2 is 1.81 bits per heavy atom. The van der Waals surface area contributed by atoms with Crippen molar-refractivity contribution in [3.63, 3.8) is 0 Å². The standard InChI is InChI=1S/C18H21N3O3S.ClH/c19-16(12-6-8-24-9-7-12)18(23)21-14-4-1-3-13(11-14)20-17(22)15-5-2-10-25-15;/h1-5,10-12,16H,6-9,19H2,(H,20,22)(H,21,23);1H. The van der Waals surface area contributed by atoms with Crippen LogP contribution in [0.15, 0.2) is 41.8 Å². The van der Waals surface area contributed by atoms with E-state index in [2.05, 4.69) is 10.6 Å². The molecular formula is C18H22ClN3O3S. The zero-order valence-electron chi connectivity index (χ0n) is 14.1. The summed E-state index contributed by atoms with van der Waals surface area (Å²) in [6, 6.07) is 10.1. The number of nitrogens with one attached hydrogen (secondary N) is 2. The highest BCUT2D eigenvalue weighted by Gasteiger charge is 2.26. The number of carbonyl (C=O) groups is 2. The molecule has 8 heteroatoms. The molecule has 1 aromatic heterocycles. The van der Waals surface area contributed by atoms with Crippen molar-refractivity contribution < 1.29 is 14.3 Å². The molecule has 0 saturated carbocycles. The Labute approximate surface area is 162 Å². The molecule has 2 aromatic rings. The number of halogens is 1. The summed E-state index contributed by atoms with van der Waals surface area (Å²) >= 11 is 1.38. The largest absolute Gasteiger partial charge is 0.381 e. The molecule has 0 bridgehead atoms. The van der Waals surface area contributed by atoms with Crippen LogP contribution >= 0.6 is 23.7 Å². The lowest BCUT2D eigenvalue weighted by Crippen LogP contribution is -2.44. The van der Waals surface area contributed by atoms with Crippen molar-refractivity contribution in [2.24, 2.45) is 11.7 Å². The Kier molecular flexibility index (Phi) is 7.59. The maximum Gasteiger partial charge on any atom is 0.265 e. The van der Waals surface area contributed by atoms with E-state index in [9.17, 15) is 9.59 Å². The number of thiophene rings is 1. The fourth-order valence-corrected chi connectivity index (χ4v) is 3.41. The Balaban J connectivity index is 0.00000243. The molecule has 2 amide bonds. The molecule has 2 heterocycles. The third-order valence-electron chi connectivity index (χ3n) is 4.21. The van der Waals surface area contributed by atoms with Gasteiger partial charge in [-0.05, 0) is 48.4 Å². The smallest absolute Gasteiger partial charge is 0.265 e. The summed E-state index contributed by atoms with van der Waals surface area (Å²) in [5.74, 6) is -0.249. The number of hydrogen-bond acceptors (Lipinski definition) is 5. The maximum atomic E-state index is 12.4. The van der Waals surface area contributed by atoms with E-state index in [0.29, 0.717) is 29.5 Å². The van der Waals surface area contributed by atoms with E-state index in [4.69, 9.17) is 10.5 Å². The number of rotatable bonds is 5. The summed E-state index contributed by atoms with van der Waals surface area (Å²) in [5, 5.41) is 7.51. The Morgan fingerprint density at radius 1 is 1.12 bits per heavy atom. The minimum absolute atomic E-state index is 0. The van der Waals surface area contributed by atoms with Gasteiger partial charge in [0.15, 0.2) is 0 Å². The van der Waals surface area contributed by atoms with Gasteiger partial charge in [0.25, 0.3) is 5.91 Å². The summed E-state index contributed by atoms with van der Waals surface area (Å²) in [5.41, 5.74) is 7.32. The molecule has 0 spiro atoms. The van der Waals surface area contributed by atoms with E-state index >= 15 is 0 Å². The summed E-state index contributed by atoms with van der Waals surface area (Å²) in [6.07, 6.45) is 1.59. The first-order chi connectivity index (χ1) is 12.1. The third-order valence-corrected chi connectivity index (χ3v) is 5.08. The van der Waals surface area contributed by atoms with E-state index in [1.807, 2.05) is 11.4 Å². The van der Waals surface area contributed by atoms with Crippen LogP contribution in [0.25, 0.3) is 0 Å². The highest BCUT2D eigenvalue weighted by molar-refractivity contribution is 7.12. The van der Waals surface area contributed by atoms with Gasteiger partial charge in [-0.1, -0.05) is 12.1 Å². The number of anilines is 2. The number of nitrogens with two attached hydrogens (primary N) is 1. The quantitative estimate of drug-likeness (QED) is 0.725.